The molecule has 2 aliphatic rings. The number of ether oxygens (including phenoxy) is 4. The van der Waals surface area contributed by atoms with Gasteiger partial charge in [0.15, 0.2) is 18.1 Å². The van der Waals surface area contributed by atoms with Gasteiger partial charge in [0, 0.05) is 37.2 Å². The molecule has 30 heavy (non-hydrogen) atoms. The summed E-state index contributed by atoms with van der Waals surface area (Å²) in [6, 6.07) is 12.6. The molecule has 4 rings (SSSR count). The smallest absolute Gasteiger partial charge is 0.257 e. The summed E-state index contributed by atoms with van der Waals surface area (Å²) in [4.78, 5) is 26.3. The van der Waals surface area contributed by atoms with E-state index in [4.69, 9.17) is 18.9 Å². The molecule has 0 spiro atoms. The van der Waals surface area contributed by atoms with Gasteiger partial charge in [0.1, 0.15) is 11.5 Å². The largest absolute Gasteiger partial charge is 0.494 e. The van der Waals surface area contributed by atoms with Crippen LogP contribution in [-0.4, -0.2) is 44.9 Å². The molecule has 8 heteroatoms. The van der Waals surface area contributed by atoms with E-state index in [1.807, 2.05) is 19.1 Å². The van der Waals surface area contributed by atoms with E-state index in [2.05, 4.69) is 5.32 Å². The van der Waals surface area contributed by atoms with Gasteiger partial charge >= 0.3 is 0 Å². The first-order chi connectivity index (χ1) is 14.6. The molecule has 2 amide bonds. The zero-order valence-corrected chi connectivity index (χ0v) is 16.8. The summed E-state index contributed by atoms with van der Waals surface area (Å²) in [5.74, 6) is 2.52. The van der Waals surface area contributed by atoms with E-state index in [-0.39, 0.29) is 31.1 Å². The minimum atomic E-state index is -0.224. The summed E-state index contributed by atoms with van der Waals surface area (Å²) in [5, 5.41) is 2.85. The number of hydrogen-bond acceptors (Lipinski definition) is 6. The number of anilines is 1. The van der Waals surface area contributed by atoms with Crippen LogP contribution in [0.4, 0.5) is 5.69 Å². The van der Waals surface area contributed by atoms with Gasteiger partial charge in [0.05, 0.1) is 6.61 Å². The lowest BCUT2D eigenvalue weighted by Crippen LogP contribution is -2.34. The molecule has 0 radical (unpaired) electrons. The molecule has 2 aromatic rings. The van der Waals surface area contributed by atoms with Crippen LogP contribution in [-0.2, 0) is 9.59 Å². The quantitative estimate of drug-likeness (QED) is 0.716. The first-order valence-corrected chi connectivity index (χ1v) is 9.94. The van der Waals surface area contributed by atoms with Crippen molar-refractivity contribution in [2.24, 2.45) is 5.92 Å². The molecule has 1 atom stereocenters. The fraction of sp³-hybridized carbons (Fsp3) is 0.364. The van der Waals surface area contributed by atoms with Crippen LogP contribution in [0.1, 0.15) is 13.3 Å². The third-order valence-corrected chi connectivity index (χ3v) is 4.97. The average molecular weight is 412 g/mol. The number of benzene rings is 2. The Balaban J connectivity index is 1.23. The van der Waals surface area contributed by atoms with Gasteiger partial charge in [-0.05, 0) is 43.3 Å². The van der Waals surface area contributed by atoms with Crippen molar-refractivity contribution in [3.63, 3.8) is 0 Å². The van der Waals surface area contributed by atoms with Crippen LogP contribution in [0.2, 0.25) is 0 Å². The molecule has 8 nitrogen and oxygen atoms in total. The van der Waals surface area contributed by atoms with Gasteiger partial charge in [-0.2, -0.15) is 0 Å². The van der Waals surface area contributed by atoms with Gasteiger partial charge in [-0.25, -0.2) is 0 Å². The van der Waals surface area contributed by atoms with E-state index < -0.39 is 0 Å². The number of rotatable bonds is 8. The summed E-state index contributed by atoms with van der Waals surface area (Å²) in [6.45, 7) is 3.58. The second-order valence-corrected chi connectivity index (χ2v) is 7.11. The summed E-state index contributed by atoms with van der Waals surface area (Å²) in [7, 11) is 0. The Bertz CT molecular complexity index is 914. The predicted molar refractivity (Wildman–Crippen MR) is 109 cm³/mol. The number of nitrogens with zero attached hydrogens (tertiary/aromatic N) is 1. The highest BCUT2D eigenvalue weighted by Gasteiger charge is 2.31. The molecule has 1 fully saturated rings. The Kier molecular flexibility index (Phi) is 5.92. The molecule has 0 aliphatic carbocycles. The number of amides is 2. The van der Waals surface area contributed by atoms with Gasteiger partial charge < -0.3 is 29.2 Å². The van der Waals surface area contributed by atoms with E-state index >= 15 is 0 Å². The van der Waals surface area contributed by atoms with Crippen LogP contribution in [0, 0.1) is 5.92 Å². The monoisotopic (exact) mass is 412 g/mol. The Morgan fingerprint density at radius 2 is 1.83 bits per heavy atom. The minimum absolute atomic E-state index is 0.0266. The molecule has 2 aromatic carbocycles. The maximum absolute atomic E-state index is 12.4. The van der Waals surface area contributed by atoms with Crippen molar-refractivity contribution in [3.8, 4) is 23.0 Å². The lowest BCUT2D eigenvalue weighted by Gasteiger charge is -2.17. The van der Waals surface area contributed by atoms with Crippen molar-refractivity contribution < 1.29 is 28.5 Å². The van der Waals surface area contributed by atoms with E-state index in [1.54, 1.807) is 35.2 Å². The topological polar surface area (TPSA) is 86.3 Å². The van der Waals surface area contributed by atoms with Crippen molar-refractivity contribution in [2.45, 2.75) is 13.3 Å². The van der Waals surface area contributed by atoms with Crippen molar-refractivity contribution >= 4 is 17.5 Å². The molecule has 0 saturated carbocycles. The van der Waals surface area contributed by atoms with Crippen LogP contribution < -0.4 is 29.2 Å². The standard InChI is InChI=1S/C22H24N2O6/c1-2-27-17-4-6-18(7-5-17)28-13-21(25)23-11-15-9-22(26)24(12-15)16-3-8-19-20(10-16)30-14-29-19/h3-8,10,15H,2,9,11-14H2,1H3,(H,23,25)/t15-/m1/s1. The second kappa shape index (κ2) is 8.94. The lowest BCUT2D eigenvalue weighted by molar-refractivity contribution is -0.123. The third-order valence-electron chi connectivity index (χ3n) is 4.97. The molecule has 158 valence electrons. The first kappa shape index (κ1) is 19.9. The maximum atomic E-state index is 12.4. The average Bonchev–Trinajstić information content (AvgIpc) is 3.37. The van der Waals surface area contributed by atoms with Crippen LogP contribution in [0.15, 0.2) is 42.5 Å². The molecule has 0 aromatic heterocycles. The molecule has 1 saturated heterocycles. The van der Waals surface area contributed by atoms with Crippen molar-refractivity contribution in [3.05, 3.63) is 42.5 Å². The van der Waals surface area contributed by atoms with Crippen LogP contribution >= 0.6 is 0 Å². The van der Waals surface area contributed by atoms with Gasteiger partial charge in [0.25, 0.3) is 5.91 Å². The molecule has 2 heterocycles. The highest BCUT2D eigenvalue weighted by atomic mass is 16.7. The Morgan fingerprint density at radius 3 is 2.60 bits per heavy atom. The maximum Gasteiger partial charge on any atom is 0.257 e. The second-order valence-electron chi connectivity index (χ2n) is 7.11. The van der Waals surface area contributed by atoms with Crippen LogP contribution in [0.3, 0.4) is 0 Å². The molecule has 0 bridgehead atoms. The van der Waals surface area contributed by atoms with E-state index in [9.17, 15) is 9.59 Å². The lowest BCUT2D eigenvalue weighted by atomic mass is 10.1. The van der Waals surface area contributed by atoms with Crippen molar-refractivity contribution in [1.29, 1.82) is 0 Å². The van der Waals surface area contributed by atoms with Gasteiger partial charge in [0.2, 0.25) is 12.7 Å². The molecular formula is C22H24N2O6. The van der Waals surface area contributed by atoms with E-state index in [0.717, 1.165) is 11.4 Å². The number of fused-ring (bicyclic) bond motifs is 1. The first-order valence-electron chi connectivity index (χ1n) is 9.94. The molecule has 1 N–H and O–H groups in total. The van der Waals surface area contributed by atoms with E-state index in [0.29, 0.717) is 43.4 Å². The van der Waals surface area contributed by atoms with Crippen LogP contribution in [0.5, 0.6) is 23.0 Å². The zero-order chi connectivity index (χ0) is 20.9. The Hall–Kier alpha value is -3.42. The van der Waals surface area contributed by atoms with Gasteiger partial charge in [-0.1, -0.05) is 0 Å². The van der Waals surface area contributed by atoms with Crippen molar-refractivity contribution in [2.75, 3.05) is 38.0 Å². The molecule has 0 unspecified atom stereocenters. The number of nitrogens with one attached hydrogen (secondary N) is 1. The zero-order valence-electron chi connectivity index (χ0n) is 16.8. The van der Waals surface area contributed by atoms with E-state index in [1.165, 1.54) is 0 Å². The fourth-order valence-electron chi connectivity index (χ4n) is 3.48. The summed E-state index contributed by atoms with van der Waals surface area (Å²) in [6.07, 6.45) is 0.383. The minimum Gasteiger partial charge on any atom is -0.494 e. The number of carbonyl (C=O) groups excluding carboxylic acids is 2. The molecule has 2 aliphatic heterocycles. The third kappa shape index (κ3) is 4.59. The van der Waals surface area contributed by atoms with Gasteiger partial charge in [-0.15, -0.1) is 0 Å². The van der Waals surface area contributed by atoms with Crippen LogP contribution in [0.25, 0.3) is 0 Å². The highest BCUT2D eigenvalue weighted by Crippen LogP contribution is 2.37. The number of carbonyl (C=O) groups is 2. The predicted octanol–water partition coefficient (Wildman–Crippen LogP) is 2.36. The summed E-state index contributed by atoms with van der Waals surface area (Å²) < 4.78 is 21.6. The number of hydrogen-bond donors (Lipinski definition) is 1. The Labute approximate surface area is 174 Å². The SMILES string of the molecule is CCOc1ccc(OCC(=O)NC[C@H]2CC(=O)N(c3ccc4c(c3)OCO4)C2)cc1. The van der Waals surface area contributed by atoms with Gasteiger partial charge in [-0.3, -0.25) is 9.59 Å². The Morgan fingerprint density at radius 1 is 1.10 bits per heavy atom. The normalized spacial score (nSPS) is 17.2. The fourth-order valence-corrected chi connectivity index (χ4v) is 3.48. The summed E-state index contributed by atoms with van der Waals surface area (Å²) in [5.41, 5.74) is 0.775. The summed E-state index contributed by atoms with van der Waals surface area (Å²) >= 11 is 0. The van der Waals surface area contributed by atoms with Crippen molar-refractivity contribution in [1.82, 2.24) is 5.32 Å². The molecular weight excluding hydrogens is 388 g/mol. The highest BCUT2D eigenvalue weighted by molar-refractivity contribution is 5.96.